The first-order valence-corrected chi connectivity index (χ1v) is 14.4. The summed E-state index contributed by atoms with van der Waals surface area (Å²) in [6.45, 7) is 15.2. The van der Waals surface area contributed by atoms with Gasteiger partial charge in [-0.2, -0.15) is 0 Å². The fraction of sp³-hybridized carbons (Fsp3) is 0.903. The van der Waals surface area contributed by atoms with Crippen molar-refractivity contribution in [3.63, 3.8) is 0 Å². The van der Waals surface area contributed by atoms with Gasteiger partial charge in [0.2, 0.25) is 0 Å². The minimum atomic E-state index is -1.21. The lowest BCUT2D eigenvalue weighted by molar-refractivity contribution is -0.184. The third kappa shape index (κ3) is 3.51. The molecule has 1 saturated heterocycles. The van der Waals surface area contributed by atoms with E-state index >= 15 is 0 Å². The van der Waals surface area contributed by atoms with Gasteiger partial charge >= 0.3 is 0 Å². The fourth-order valence-electron chi connectivity index (χ4n) is 10.2. The van der Waals surface area contributed by atoms with Gasteiger partial charge < -0.3 is 19.7 Å². The smallest absolute Gasteiger partial charge is 0.160 e. The maximum Gasteiger partial charge on any atom is 0.160 e. The maximum absolute atomic E-state index is 12.9. The minimum absolute atomic E-state index is 0.130. The van der Waals surface area contributed by atoms with E-state index in [0.717, 1.165) is 32.1 Å². The van der Waals surface area contributed by atoms with Gasteiger partial charge in [-0.25, -0.2) is 0 Å². The van der Waals surface area contributed by atoms with Gasteiger partial charge in [-0.3, -0.25) is 4.79 Å². The molecule has 0 aromatic carbocycles. The molecule has 4 aliphatic carbocycles. The van der Waals surface area contributed by atoms with Gasteiger partial charge in [-0.05, 0) is 92.8 Å². The van der Waals surface area contributed by atoms with E-state index in [0.29, 0.717) is 23.5 Å². The number of rotatable bonds is 4. The van der Waals surface area contributed by atoms with E-state index in [-0.39, 0.29) is 33.9 Å². The largest absolute Gasteiger partial charge is 0.388 e. The van der Waals surface area contributed by atoms with Gasteiger partial charge in [0.15, 0.2) is 6.29 Å². The Hall–Kier alpha value is -0.750. The van der Waals surface area contributed by atoms with Crippen LogP contribution in [0.25, 0.3) is 0 Å². The molecule has 5 heteroatoms. The first-order chi connectivity index (χ1) is 16.6. The molecule has 1 heterocycles. The fourth-order valence-corrected chi connectivity index (χ4v) is 10.2. The van der Waals surface area contributed by atoms with Crippen LogP contribution < -0.4 is 0 Å². The average Bonchev–Trinajstić information content (AvgIpc) is 3.33. The summed E-state index contributed by atoms with van der Waals surface area (Å²) < 4.78 is 12.1. The van der Waals surface area contributed by atoms with E-state index in [2.05, 4.69) is 40.7 Å². The molecule has 0 radical (unpaired) electrons. The lowest BCUT2D eigenvalue weighted by Gasteiger charge is -2.63. The first-order valence-electron chi connectivity index (χ1n) is 14.4. The molecule has 5 nitrogen and oxygen atoms in total. The normalized spacial score (nSPS) is 49.2. The van der Waals surface area contributed by atoms with Crippen LogP contribution in [0.1, 0.15) is 99.8 Å². The molecule has 1 aliphatic heterocycles. The second-order valence-electron chi connectivity index (χ2n) is 14.9. The lowest BCUT2D eigenvalue weighted by Crippen LogP contribution is -2.57. The summed E-state index contributed by atoms with van der Waals surface area (Å²) in [7, 11) is 1.71. The highest BCUT2D eigenvalue weighted by molar-refractivity contribution is 5.85. The quantitative estimate of drug-likeness (QED) is 0.485. The van der Waals surface area contributed by atoms with Crippen molar-refractivity contribution in [1.82, 2.24) is 0 Å². The molecular formula is C31H50O5. The summed E-state index contributed by atoms with van der Waals surface area (Å²) in [6, 6.07) is 0. The highest BCUT2D eigenvalue weighted by Crippen LogP contribution is 2.73. The van der Waals surface area contributed by atoms with E-state index in [1.165, 1.54) is 19.3 Å². The number of Topliss-reactive ketones (excluding diaryl/α,β-unsaturated/α-hetero) is 1. The van der Waals surface area contributed by atoms with E-state index in [1.807, 2.05) is 0 Å². The SMILES string of the molecule is CO[C@@H]1O[C@@H](C(O)C(C)(C)O)C[C@H]1[C@@H]1CC[C@]2(C)C3=CC[C@H]4C(C)(C)C(=O)CC[C@]4(C)[C@H]3CC[C@@]12C. The van der Waals surface area contributed by atoms with Crippen molar-refractivity contribution in [2.45, 2.75) is 124 Å². The molecule has 10 atom stereocenters. The number of ether oxygens (including phenoxy) is 2. The van der Waals surface area contributed by atoms with Gasteiger partial charge in [0, 0.05) is 24.9 Å². The van der Waals surface area contributed by atoms with Crippen molar-refractivity contribution in [3.8, 4) is 0 Å². The molecule has 204 valence electrons. The molecule has 36 heavy (non-hydrogen) atoms. The van der Waals surface area contributed by atoms with E-state index in [9.17, 15) is 15.0 Å². The predicted molar refractivity (Wildman–Crippen MR) is 140 cm³/mol. The number of ketones is 1. The number of aliphatic hydroxyl groups excluding tert-OH is 1. The molecule has 0 bridgehead atoms. The monoisotopic (exact) mass is 502 g/mol. The van der Waals surface area contributed by atoms with Crippen LogP contribution in [0.3, 0.4) is 0 Å². The van der Waals surface area contributed by atoms with Crippen molar-refractivity contribution in [3.05, 3.63) is 11.6 Å². The maximum atomic E-state index is 12.9. The van der Waals surface area contributed by atoms with E-state index in [4.69, 9.17) is 9.47 Å². The van der Waals surface area contributed by atoms with Gasteiger partial charge in [-0.15, -0.1) is 0 Å². The molecule has 5 aliphatic rings. The number of hydrogen-bond donors (Lipinski definition) is 2. The predicted octanol–water partition coefficient (Wildman–Crippen LogP) is 5.67. The summed E-state index contributed by atoms with van der Waals surface area (Å²) in [6.07, 6.45) is 9.03. The van der Waals surface area contributed by atoms with Crippen molar-refractivity contribution in [2.75, 3.05) is 7.11 Å². The van der Waals surface area contributed by atoms with Gasteiger partial charge in [0.25, 0.3) is 0 Å². The Morgan fingerprint density at radius 3 is 2.44 bits per heavy atom. The zero-order valence-corrected chi connectivity index (χ0v) is 23.9. The molecule has 0 spiro atoms. The summed E-state index contributed by atoms with van der Waals surface area (Å²) in [5.41, 5.74) is 0.681. The Kier molecular flexibility index (Phi) is 6.24. The number of carbonyl (C=O) groups is 1. The Labute approximate surface area is 218 Å². The van der Waals surface area contributed by atoms with Gasteiger partial charge in [-0.1, -0.05) is 46.3 Å². The van der Waals surface area contributed by atoms with Crippen molar-refractivity contribution < 1.29 is 24.5 Å². The molecule has 3 saturated carbocycles. The third-order valence-electron chi connectivity index (χ3n) is 12.6. The van der Waals surface area contributed by atoms with E-state index in [1.54, 1.807) is 26.5 Å². The zero-order valence-electron chi connectivity index (χ0n) is 23.9. The van der Waals surface area contributed by atoms with E-state index < -0.39 is 17.8 Å². The number of fused-ring (bicyclic) bond motifs is 5. The van der Waals surface area contributed by atoms with Crippen LogP contribution in [-0.4, -0.2) is 47.2 Å². The Bertz CT molecular complexity index is 932. The average molecular weight is 503 g/mol. The van der Waals surface area contributed by atoms with Gasteiger partial charge in [0.1, 0.15) is 11.9 Å². The zero-order chi connectivity index (χ0) is 26.5. The summed E-state index contributed by atoms with van der Waals surface area (Å²) >= 11 is 0. The standard InChI is InChI=1S/C31H50O5/c1-27(2)23-10-9-21-20(29(23,5)14-13-24(27)32)12-16-30(6)19(11-15-31(21,30)7)18-17-22(36-26(18)35-8)25(33)28(3,4)34/h9,18-20,22-23,25-26,33-34H,10-17H2,1-8H3/t18-,19-,20-,22+,23-,25?,26+,29+,30-,31+/m0/s1. The highest BCUT2D eigenvalue weighted by atomic mass is 16.7. The second kappa shape index (κ2) is 8.37. The van der Waals surface area contributed by atoms with Crippen LogP contribution in [0, 0.1) is 45.3 Å². The van der Waals surface area contributed by atoms with Crippen molar-refractivity contribution >= 4 is 5.78 Å². The topological polar surface area (TPSA) is 76.0 Å². The molecule has 0 amide bonds. The van der Waals surface area contributed by atoms with Crippen LogP contribution in [0.4, 0.5) is 0 Å². The summed E-state index contributed by atoms with van der Waals surface area (Å²) in [4.78, 5) is 12.9. The van der Waals surface area contributed by atoms with Crippen molar-refractivity contribution in [2.24, 2.45) is 45.3 Å². The van der Waals surface area contributed by atoms with Crippen molar-refractivity contribution in [1.29, 1.82) is 0 Å². The van der Waals surface area contributed by atoms with Crippen LogP contribution in [0.15, 0.2) is 11.6 Å². The Morgan fingerprint density at radius 2 is 1.81 bits per heavy atom. The number of aliphatic hydroxyl groups is 2. The van der Waals surface area contributed by atoms with Gasteiger partial charge in [0.05, 0.1) is 11.7 Å². The number of carbonyl (C=O) groups excluding carboxylic acids is 1. The molecule has 4 fully saturated rings. The number of allylic oxidation sites excluding steroid dienone is 2. The Morgan fingerprint density at radius 1 is 1.11 bits per heavy atom. The molecule has 0 aromatic heterocycles. The van der Waals surface area contributed by atoms with Crippen LogP contribution >= 0.6 is 0 Å². The summed E-state index contributed by atoms with van der Waals surface area (Å²) in [5.74, 6) is 2.09. The highest BCUT2D eigenvalue weighted by Gasteiger charge is 2.66. The first kappa shape index (κ1) is 26.8. The third-order valence-corrected chi connectivity index (χ3v) is 12.6. The molecular weight excluding hydrogens is 452 g/mol. The van der Waals surface area contributed by atoms with Crippen LogP contribution in [0.5, 0.6) is 0 Å². The lowest BCUT2D eigenvalue weighted by atomic mass is 9.41. The summed E-state index contributed by atoms with van der Waals surface area (Å²) in [5, 5.41) is 21.2. The molecule has 1 unspecified atom stereocenters. The van der Waals surface area contributed by atoms with Crippen LogP contribution in [-0.2, 0) is 14.3 Å². The second-order valence-corrected chi connectivity index (χ2v) is 14.9. The Balaban J connectivity index is 1.45. The van der Waals surface area contributed by atoms with Crippen LogP contribution in [0.2, 0.25) is 0 Å². The molecule has 2 N–H and O–H groups in total. The minimum Gasteiger partial charge on any atom is -0.388 e. The number of hydrogen-bond acceptors (Lipinski definition) is 5. The molecule has 5 rings (SSSR count). The molecule has 0 aromatic rings. The number of methoxy groups -OCH3 is 1.